The maximum absolute atomic E-state index is 13.3. The molecule has 0 radical (unpaired) electrons. The molecule has 10 heteroatoms. The summed E-state index contributed by atoms with van der Waals surface area (Å²) in [5, 5.41) is 0. The second kappa shape index (κ2) is 7.33. The molecule has 0 bridgehead atoms. The van der Waals surface area contributed by atoms with E-state index in [0.717, 1.165) is 34.9 Å². The fraction of sp³-hybridized carbons (Fsp3) is 0.300. The summed E-state index contributed by atoms with van der Waals surface area (Å²) in [6, 6.07) is 6.32. The first-order valence-corrected chi connectivity index (χ1v) is 8.83. The summed E-state index contributed by atoms with van der Waals surface area (Å²) in [4.78, 5) is 25.3. The van der Waals surface area contributed by atoms with E-state index in [-0.39, 0.29) is 16.6 Å². The van der Waals surface area contributed by atoms with Gasteiger partial charge in [-0.3, -0.25) is 18.7 Å². The van der Waals surface area contributed by atoms with Gasteiger partial charge in [0, 0.05) is 6.04 Å². The van der Waals surface area contributed by atoms with Gasteiger partial charge in [0.15, 0.2) is 0 Å². The van der Waals surface area contributed by atoms with Crippen LogP contribution in [0.4, 0.5) is 26.3 Å². The highest BCUT2D eigenvalue weighted by Gasteiger charge is 2.34. The Kier molecular flexibility index (Phi) is 5.30. The zero-order valence-electron chi connectivity index (χ0n) is 15.8. The van der Waals surface area contributed by atoms with Crippen LogP contribution in [0.3, 0.4) is 0 Å². The molecule has 4 nitrogen and oxygen atoms in total. The summed E-state index contributed by atoms with van der Waals surface area (Å²) < 4.78 is 81.4. The molecule has 30 heavy (non-hydrogen) atoms. The molecule has 0 atom stereocenters. The van der Waals surface area contributed by atoms with Crippen LogP contribution in [-0.2, 0) is 18.9 Å². The lowest BCUT2D eigenvalue weighted by Gasteiger charge is -2.20. The van der Waals surface area contributed by atoms with Crippen molar-refractivity contribution in [3.05, 3.63) is 79.9 Å². The molecule has 0 saturated heterocycles. The number of nitrogens with zero attached hydrogens (tertiary/aromatic N) is 2. The predicted octanol–water partition coefficient (Wildman–Crippen LogP) is 4.83. The summed E-state index contributed by atoms with van der Waals surface area (Å²) in [6.45, 7) is 2.43. The molecule has 160 valence electrons. The molecule has 1 aromatic heterocycles. The number of rotatable bonds is 3. The lowest BCUT2D eigenvalue weighted by molar-refractivity contribution is -0.138. The molecule has 0 spiro atoms. The van der Waals surface area contributed by atoms with Crippen LogP contribution in [0.25, 0.3) is 11.0 Å². The summed E-state index contributed by atoms with van der Waals surface area (Å²) in [5.74, 6) is 0. The van der Waals surface area contributed by atoms with Gasteiger partial charge in [-0.1, -0.05) is 18.2 Å². The molecule has 0 aliphatic carbocycles. The summed E-state index contributed by atoms with van der Waals surface area (Å²) in [5.41, 5.74) is -4.94. The van der Waals surface area contributed by atoms with Gasteiger partial charge in [-0.15, -0.1) is 0 Å². The maximum atomic E-state index is 13.3. The van der Waals surface area contributed by atoms with Gasteiger partial charge in [-0.2, -0.15) is 26.3 Å². The van der Waals surface area contributed by atoms with Crippen LogP contribution in [0.2, 0.25) is 0 Å². The Morgan fingerprint density at radius 3 is 2.03 bits per heavy atom. The molecule has 2 aromatic carbocycles. The van der Waals surface area contributed by atoms with Crippen molar-refractivity contribution >= 4 is 11.0 Å². The van der Waals surface area contributed by atoms with Gasteiger partial charge >= 0.3 is 23.5 Å². The number of hydrogen-bond donors (Lipinski definition) is 0. The molecular formula is C20H16F6N2O2. The third-order valence-electron chi connectivity index (χ3n) is 4.67. The Hall–Kier alpha value is -3.04. The number of aromatic nitrogens is 2. The fourth-order valence-electron chi connectivity index (χ4n) is 3.33. The average Bonchev–Trinajstić information content (AvgIpc) is 2.63. The molecule has 3 rings (SSSR count). The van der Waals surface area contributed by atoms with E-state index in [1.807, 2.05) is 0 Å². The molecule has 3 aromatic rings. The van der Waals surface area contributed by atoms with Gasteiger partial charge in [0.05, 0.1) is 28.7 Å². The number of hydrogen-bond acceptors (Lipinski definition) is 2. The van der Waals surface area contributed by atoms with Crippen molar-refractivity contribution < 1.29 is 26.3 Å². The van der Waals surface area contributed by atoms with E-state index in [1.165, 1.54) is 6.07 Å². The molecule has 0 saturated carbocycles. The van der Waals surface area contributed by atoms with E-state index in [2.05, 4.69) is 0 Å². The Bertz CT molecular complexity index is 1220. The smallest absolute Gasteiger partial charge is 0.300 e. The summed E-state index contributed by atoms with van der Waals surface area (Å²) >= 11 is 0. The van der Waals surface area contributed by atoms with Gasteiger partial charge in [0.25, 0.3) is 0 Å². The number of alkyl halides is 6. The first kappa shape index (κ1) is 21.7. The predicted molar refractivity (Wildman–Crippen MR) is 98.4 cm³/mol. The SMILES string of the molecule is CC(C)n1c(=O)c(=O)n(Cc2ccccc2C(F)(F)F)c2cc(C(F)(F)F)ccc21. The van der Waals surface area contributed by atoms with Gasteiger partial charge in [-0.05, 0) is 43.7 Å². The topological polar surface area (TPSA) is 44.0 Å². The van der Waals surface area contributed by atoms with Crippen molar-refractivity contribution in [2.24, 2.45) is 0 Å². The second-order valence-electron chi connectivity index (χ2n) is 7.02. The third-order valence-corrected chi connectivity index (χ3v) is 4.67. The van der Waals surface area contributed by atoms with Crippen molar-refractivity contribution in [3.8, 4) is 0 Å². The van der Waals surface area contributed by atoms with Crippen molar-refractivity contribution in [3.63, 3.8) is 0 Å². The highest BCUT2D eigenvalue weighted by atomic mass is 19.4. The first-order chi connectivity index (χ1) is 13.8. The lowest BCUT2D eigenvalue weighted by Crippen LogP contribution is -2.42. The largest absolute Gasteiger partial charge is 0.416 e. The molecule has 0 fully saturated rings. The van der Waals surface area contributed by atoms with Crippen LogP contribution in [0.5, 0.6) is 0 Å². The van der Waals surface area contributed by atoms with Crippen molar-refractivity contribution in [2.45, 2.75) is 38.8 Å². The Labute approximate surface area is 166 Å². The molecule has 0 unspecified atom stereocenters. The van der Waals surface area contributed by atoms with Crippen LogP contribution in [0.15, 0.2) is 52.1 Å². The maximum Gasteiger partial charge on any atom is 0.416 e. The van der Waals surface area contributed by atoms with Crippen LogP contribution in [-0.4, -0.2) is 9.13 Å². The molecule has 0 aliphatic rings. The zero-order chi connectivity index (χ0) is 22.4. The number of fused-ring (bicyclic) bond motifs is 1. The average molecular weight is 430 g/mol. The van der Waals surface area contributed by atoms with Crippen molar-refractivity contribution in [1.29, 1.82) is 0 Å². The number of benzene rings is 2. The highest BCUT2D eigenvalue weighted by molar-refractivity contribution is 5.76. The van der Waals surface area contributed by atoms with E-state index in [0.29, 0.717) is 10.6 Å². The minimum Gasteiger partial charge on any atom is -0.300 e. The molecule has 0 amide bonds. The fourth-order valence-corrected chi connectivity index (χ4v) is 3.33. The van der Waals surface area contributed by atoms with Crippen LogP contribution in [0, 0.1) is 0 Å². The normalized spacial score (nSPS) is 12.7. The molecule has 0 aliphatic heterocycles. The van der Waals surface area contributed by atoms with Crippen molar-refractivity contribution in [2.75, 3.05) is 0 Å². The van der Waals surface area contributed by atoms with E-state index in [4.69, 9.17) is 0 Å². The Balaban J connectivity index is 2.38. The third kappa shape index (κ3) is 3.86. The van der Waals surface area contributed by atoms with Crippen LogP contribution < -0.4 is 11.1 Å². The van der Waals surface area contributed by atoms with Gasteiger partial charge in [0.1, 0.15) is 0 Å². The van der Waals surface area contributed by atoms with E-state index < -0.39 is 47.2 Å². The van der Waals surface area contributed by atoms with E-state index in [9.17, 15) is 35.9 Å². The van der Waals surface area contributed by atoms with Crippen LogP contribution >= 0.6 is 0 Å². The van der Waals surface area contributed by atoms with Crippen LogP contribution in [0.1, 0.15) is 36.6 Å². The highest BCUT2D eigenvalue weighted by Crippen LogP contribution is 2.34. The van der Waals surface area contributed by atoms with Gasteiger partial charge < -0.3 is 0 Å². The van der Waals surface area contributed by atoms with E-state index in [1.54, 1.807) is 13.8 Å². The number of halogens is 6. The van der Waals surface area contributed by atoms with Crippen molar-refractivity contribution in [1.82, 2.24) is 9.13 Å². The molecular weight excluding hydrogens is 414 g/mol. The standard InChI is InChI=1S/C20H16F6N2O2/c1-11(2)28-15-8-7-13(19(21,22)23)9-16(15)27(17(29)18(28)30)10-12-5-3-4-6-14(12)20(24,25)26/h3-9,11H,10H2,1-2H3. The molecule has 1 heterocycles. The minimum atomic E-state index is -4.74. The first-order valence-electron chi connectivity index (χ1n) is 8.83. The monoisotopic (exact) mass is 430 g/mol. The Morgan fingerprint density at radius 1 is 0.833 bits per heavy atom. The quantitative estimate of drug-likeness (QED) is 0.441. The van der Waals surface area contributed by atoms with E-state index >= 15 is 0 Å². The summed E-state index contributed by atoms with van der Waals surface area (Å²) in [7, 11) is 0. The Morgan fingerprint density at radius 2 is 1.47 bits per heavy atom. The lowest BCUT2D eigenvalue weighted by atomic mass is 10.1. The minimum absolute atomic E-state index is 0.0205. The van der Waals surface area contributed by atoms with Gasteiger partial charge in [0.2, 0.25) is 0 Å². The van der Waals surface area contributed by atoms with Gasteiger partial charge in [-0.25, -0.2) is 0 Å². The second-order valence-corrected chi connectivity index (χ2v) is 7.02. The zero-order valence-corrected chi connectivity index (χ0v) is 15.8. The summed E-state index contributed by atoms with van der Waals surface area (Å²) in [6.07, 6.45) is -9.47. The molecule has 0 N–H and O–H groups in total.